The molecule has 6 nitrogen and oxygen atoms in total. The van der Waals surface area contributed by atoms with E-state index in [0.717, 1.165) is 0 Å². The van der Waals surface area contributed by atoms with E-state index in [-0.39, 0.29) is 0 Å². The average molecular weight is 434 g/mol. The monoisotopic (exact) mass is 434 g/mol. The topological polar surface area (TPSA) is 81.9 Å². The highest BCUT2D eigenvalue weighted by Gasteiger charge is 2.57. The van der Waals surface area contributed by atoms with Gasteiger partial charge in [0, 0.05) is 11.8 Å². The van der Waals surface area contributed by atoms with Gasteiger partial charge < -0.3 is 15.2 Å². The Balaban J connectivity index is 1.77. The number of carbonyl (C=O) groups is 2. The standard InChI is InChI=1S/C25H23FN2O4/c1-2-31-19-6-5-7-20(16-19)32-22-9-4-3-8-21(22)28(18-12-10-17(26)11-13-18)24(30)25(14-15-25)23(27)29/h3-13,16H,2,14-15H2,1H3,(H2,27,29). The van der Waals surface area contributed by atoms with Crippen molar-refractivity contribution in [3.05, 3.63) is 78.6 Å². The van der Waals surface area contributed by atoms with Gasteiger partial charge in [-0.05, 0) is 68.3 Å². The summed E-state index contributed by atoms with van der Waals surface area (Å²) in [6.07, 6.45) is 0.747. The van der Waals surface area contributed by atoms with Crippen molar-refractivity contribution < 1.29 is 23.5 Å². The Morgan fingerprint density at radius 3 is 2.34 bits per heavy atom. The summed E-state index contributed by atoms with van der Waals surface area (Å²) >= 11 is 0. The molecule has 7 heteroatoms. The summed E-state index contributed by atoms with van der Waals surface area (Å²) in [6.45, 7) is 2.41. The van der Waals surface area contributed by atoms with Gasteiger partial charge in [-0.15, -0.1) is 0 Å². The third-order valence-corrected chi connectivity index (χ3v) is 5.37. The number of rotatable bonds is 8. The minimum Gasteiger partial charge on any atom is -0.494 e. The van der Waals surface area contributed by atoms with Crippen LogP contribution in [0.5, 0.6) is 17.2 Å². The molecule has 4 rings (SSSR count). The van der Waals surface area contributed by atoms with Gasteiger partial charge in [-0.3, -0.25) is 14.5 Å². The maximum Gasteiger partial charge on any atom is 0.247 e. The van der Waals surface area contributed by atoms with Gasteiger partial charge >= 0.3 is 0 Å². The number of hydrogen-bond acceptors (Lipinski definition) is 4. The maximum atomic E-state index is 13.6. The molecule has 0 unspecified atom stereocenters. The molecular weight excluding hydrogens is 411 g/mol. The van der Waals surface area contributed by atoms with E-state index in [4.69, 9.17) is 15.2 Å². The summed E-state index contributed by atoms with van der Waals surface area (Å²) in [5.41, 5.74) is 5.12. The first-order valence-electron chi connectivity index (χ1n) is 10.3. The highest BCUT2D eigenvalue weighted by atomic mass is 19.1. The number of para-hydroxylation sites is 2. The van der Waals surface area contributed by atoms with Crippen molar-refractivity contribution in [1.29, 1.82) is 0 Å². The molecule has 1 aliphatic carbocycles. The van der Waals surface area contributed by atoms with Crippen LogP contribution in [0.2, 0.25) is 0 Å². The number of benzene rings is 3. The van der Waals surface area contributed by atoms with Crippen molar-refractivity contribution in [1.82, 2.24) is 0 Å². The fourth-order valence-electron chi connectivity index (χ4n) is 3.51. The second-order valence-electron chi connectivity index (χ2n) is 7.54. The first-order valence-corrected chi connectivity index (χ1v) is 10.3. The number of nitrogens with zero attached hydrogens (tertiary/aromatic N) is 1. The number of ether oxygens (including phenoxy) is 2. The summed E-state index contributed by atoms with van der Waals surface area (Å²) < 4.78 is 25.2. The molecule has 0 bridgehead atoms. The highest BCUT2D eigenvalue weighted by molar-refractivity contribution is 6.17. The average Bonchev–Trinajstić information content (AvgIpc) is 3.59. The van der Waals surface area contributed by atoms with Crippen LogP contribution in [0.15, 0.2) is 72.8 Å². The molecule has 1 aliphatic rings. The Morgan fingerprint density at radius 2 is 1.69 bits per heavy atom. The molecule has 0 aromatic heterocycles. The van der Waals surface area contributed by atoms with Crippen LogP contribution in [0, 0.1) is 11.2 Å². The largest absolute Gasteiger partial charge is 0.494 e. The second-order valence-corrected chi connectivity index (χ2v) is 7.54. The summed E-state index contributed by atoms with van der Waals surface area (Å²) in [6, 6.07) is 19.6. The zero-order valence-electron chi connectivity index (χ0n) is 17.6. The van der Waals surface area contributed by atoms with Crippen molar-refractivity contribution in [2.24, 2.45) is 11.1 Å². The SMILES string of the molecule is CCOc1cccc(Oc2ccccc2N(C(=O)C2(C(N)=O)CC2)c2ccc(F)cc2)c1. The van der Waals surface area contributed by atoms with E-state index in [0.29, 0.717) is 48.1 Å². The molecule has 0 spiro atoms. The molecule has 0 radical (unpaired) electrons. The number of nitrogens with two attached hydrogens (primary N) is 1. The Hall–Kier alpha value is -3.87. The van der Waals surface area contributed by atoms with Crippen LogP contribution in [0.4, 0.5) is 15.8 Å². The van der Waals surface area contributed by atoms with E-state index < -0.39 is 23.0 Å². The smallest absolute Gasteiger partial charge is 0.247 e. The molecular formula is C25H23FN2O4. The first kappa shape index (κ1) is 21.4. The van der Waals surface area contributed by atoms with Crippen LogP contribution in [-0.2, 0) is 9.59 Å². The maximum absolute atomic E-state index is 13.6. The number of amides is 2. The van der Waals surface area contributed by atoms with Crippen LogP contribution in [0.25, 0.3) is 0 Å². The van der Waals surface area contributed by atoms with Crippen molar-refractivity contribution in [2.45, 2.75) is 19.8 Å². The van der Waals surface area contributed by atoms with E-state index in [1.807, 2.05) is 13.0 Å². The lowest BCUT2D eigenvalue weighted by molar-refractivity contribution is -0.133. The highest BCUT2D eigenvalue weighted by Crippen LogP contribution is 2.50. The molecule has 0 atom stereocenters. The number of anilines is 2. The normalized spacial score (nSPS) is 13.8. The zero-order valence-corrected chi connectivity index (χ0v) is 17.6. The van der Waals surface area contributed by atoms with Gasteiger partial charge in [-0.25, -0.2) is 4.39 Å². The molecule has 3 aromatic rings. The van der Waals surface area contributed by atoms with E-state index in [9.17, 15) is 14.0 Å². The van der Waals surface area contributed by atoms with E-state index >= 15 is 0 Å². The Kier molecular flexibility index (Phi) is 5.81. The third-order valence-electron chi connectivity index (χ3n) is 5.37. The van der Waals surface area contributed by atoms with Crippen molar-refractivity contribution in [3.63, 3.8) is 0 Å². The summed E-state index contributed by atoms with van der Waals surface area (Å²) in [7, 11) is 0. The zero-order chi connectivity index (χ0) is 22.7. The van der Waals surface area contributed by atoms with E-state index in [1.54, 1.807) is 42.5 Å². The molecule has 2 N–H and O–H groups in total. The summed E-state index contributed by atoms with van der Waals surface area (Å²) in [5, 5.41) is 0. The molecule has 0 aliphatic heterocycles. The number of halogens is 1. The molecule has 3 aromatic carbocycles. The van der Waals surface area contributed by atoms with Gasteiger partial charge in [-0.1, -0.05) is 18.2 Å². The number of hydrogen-bond donors (Lipinski definition) is 1. The molecule has 164 valence electrons. The lowest BCUT2D eigenvalue weighted by atomic mass is 10.0. The van der Waals surface area contributed by atoms with Crippen LogP contribution in [0.1, 0.15) is 19.8 Å². The minimum absolute atomic E-state index is 0.373. The molecule has 2 amide bonds. The Morgan fingerprint density at radius 1 is 1.00 bits per heavy atom. The van der Waals surface area contributed by atoms with E-state index in [2.05, 4.69) is 0 Å². The predicted molar refractivity (Wildman–Crippen MR) is 119 cm³/mol. The molecule has 1 saturated carbocycles. The van der Waals surface area contributed by atoms with Gasteiger partial charge in [0.05, 0.1) is 12.3 Å². The Labute approximate surface area is 185 Å². The van der Waals surface area contributed by atoms with Crippen LogP contribution in [-0.4, -0.2) is 18.4 Å². The Bertz CT molecular complexity index is 1140. The predicted octanol–water partition coefficient (Wildman–Crippen LogP) is 4.95. The van der Waals surface area contributed by atoms with E-state index in [1.165, 1.54) is 29.2 Å². The fourth-order valence-corrected chi connectivity index (χ4v) is 3.51. The molecule has 1 fully saturated rings. The van der Waals surface area contributed by atoms with Gasteiger partial charge in [-0.2, -0.15) is 0 Å². The summed E-state index contributed by atoms with van der Waals surface area (Å²) in [5.74, 6) is -0.00717. The lowest BCUT2D eigenvalue weighted by Crippen LogP contribution is -2.41. The lowest BCUT2D eigenvalue weighted by Gasteiger charge is -2.28. The molecule has 32 heavy (non-hydrogen) atoms. The quantitative estimate of drug-likeness (QED) is 0.509. The third kappa shape index (κ3) is 4.14. The van der Waals surface area contributed by atoms with Crippen molar-refractivity contribution >= 4 is 23.2 Å². The first-order chi connectivity index (χ1) is 15.4. The van der Waals surface area contributed by atoms with Crippen LogP contribution >= 0.6 is 0 Å². The molecule has 0 heterocycles. The fraction of sp³-hybridized carbons (Fsp3) is 0.200. The van der Waals surface area contributed by atoms with Crippen LogP contribution < -0.4 is 20.1 Å². The second kappa shape index (κ2) is 8.70. The van der Waals surface area contributed by atoms with Gasteiger partial charge in [0.1, 0.15) is 22.7 Å². The van der Waals surface area contributed by atoms with Crippen LogP contribution in [0.3, 0.4) is 0 Å². The van der Waals surface area contributed by atoms with Crippen molar-refractivity contribution in [3.8, 4) is 17.2 Å². The van der Waals surface area contributed by atoms with Gasteiger partial charge in [0.2, 0.25) is 11.8 Å². The minimum atomic E-state index is -1.27. The number of carbonyl (C=O) groups excluding carboxylic acids is 2. The van der Waals surface area contributed by atoms with Crippen molar-refractivity contribution in [2.75, 3.05) is 11.5 Å². The summed E-state index contributed by atoms with van der Waals surface area (Å²) in [4.78, 5) is 27.0. The van der Waals surface area contributed by atoms with Gasteiger partial charge in [0.25, 0.3) is 0 Å². The van der Waals surface area contributed by atoms with Gasteiger partial charge in [0.15, 0.2) is 5.75 Å². The number of primary amides is 1. The molecule has 0 saturated heterocycles.